The molecule has 9 nitrogen and oxygen atoms in total. The van der Waals surface area contributed by atoms with Crippen molar-refractivity contribution in [3.8, 4) is 0 Å². The molecule has 5 fully saturated rings. The molecular weight excluding hydrogens is 644 g/mol. The van der Waals surface area contributed by atoms with E-state index in [1.807, 2.05) is 0 Å². The first-order valence-corrected chi connectivity index (χ1v) is 20.1. The fraction of sp³-hybridized carbons (Fsp3) is 0.881. The second-order valence-electron chi connectivity index (χ2n) is 20.4. The molecule has 9 heteroatoms. The van der Waals surface area contributed by atoms with E-state index in [2.05, 4.69) is 53.4 Å². The summed E-state index contributed by atoms with van der Waals surface area (Å²) in [4.78, 5) is 41.1. The van der Waals surface area contributed by atoms with Crippen LogP contribution in [0, 0.1) is 50.2 Å². The molecule has 0 spiro atoms. The molecule has 0 aromatic rings. The van der Waals surface area contributed by atoms with Crippen molar-refractivity contribution >= 4 is 17.7 Å². The molecule has 1 heterocycles. The number of hydrogen-bond acceptors (Lipinski definition) is 8. The standard InChI is InChI=1S/C42H68N2O7/c1-25(2)33-27(46)21-41(30(47)24-44-20-10-11-26(45)23-44)19-18-40(9)39(8)16-12-28-37(5,6)31(51-32(48)22-36(3,4)35(49)50)14-15-38(28,7)29(39)13-17-42(40,43)34(33)41/h25-26,28-31,45,47H,10-24,43H2,1-9H3,(H,49,50)/t26-,28+,29-,30-,31+,38?,39-,40+,41?,42+/m1/s1. The molecule has 10 atom stereocenters. The molecule has 0 radical (unpaired) electrons. The van der Waals surface area contributed by atoms with Gasteiger partial charge in [0.2, 0.25) is 0 Å². The summed E-state index contributed by atoms with van der Waals surface area (Å²) in [6.45, 7) is 21.1. The molecule has 4 saturated carbocycles. The summed E-state index contributed by atoms with van der Waals surface area (Å²) in [7, 11) is 0. The number of β-amino-alcohol motifs (C(OH)–C–C–N with tert-alkyl or cyclic N) is 2. The lowest BCUT2D eigenvalue weighted by Crippen LogP contribution is -2.74. The number of carboxylic acid groups (broad SMARTS) is 1. The van der Waals surface area contributed by atoms with Crippen LogP contribution in [0.15, 0.2) is 11.1 Å². The number of fused-ring (bicyclic) bond motifs is 7. The fourth-order valence-electron chi connectivity index (χ4n) is 13.7. The minimum Gasteiger partial charge on any atom is -0.481 e. The van der Waals surface area contributed by atoms with E-state index in [0.717, 1.165) is 81.9 Å². The Balaban J connectivity index is 1.32. The second-order valence-corrected chi connectivity index (χ2v) is 20.4. The number of carbonyl (C=O) groups excluding carboxylic acids is 2. The van der Waals surface area contributed by atoms with Gasteiger partial charge >= 0.3 is 11.9 Å². The molecular formula is C42H68N2O7. The van der Waals surface area contributed by atoms with E-state index in [-0.39, 0.29) is 52.0 Å². The van der Waals surface area contributed by atoms with Crippen LogP contribution in [0.1, 0.15) is 139 Å². The van der Waals surface area contributed by atoms with Crippen LogP contribution in [0.2, 0.25) is 0 Å². The van der Waals surface area contributed by atoms with Crippen LogP contribution in [0.5, 0.6) is 0 Å². The first-order valence-electron chi connectivity index (χ1n) is 20.1. The number of hydrogen-bond donors (Lipinski definition) is 4. The van der Waals surface area contributed by atoms with Crippen LogP contribution >= 0.6 is 0 Å². The summed E-state index contributed by atoms with van der Waals surface area (Å²) < 4.78 is 6.15. The highest BCUT2D eigenvalue weighted by Crippen LogP contribution is 2.77. The number of ketones is 1. The van der Waals surface area contributed by atoms with Gasteiger partial charge in [-0.1, -0.05) is 48.5 Å². The highest BCUT2D eigenvalue weighted by atomic mass is 16.5. The highest BCUT2D eigenvalue weighted by molar-refractivity contribution is 6.01. The van der Waals surface area contributed by atoms with Gasteiger partial charge in [0, 0.05) is 35.9 Å². The number of allylic oxidation sites excluding steroid dienone is 1. The highest BCUT2D eigenvalue weighted by Gasteiger charge is 2.74. The predicted molar refractivity (Wildman–Crippen MR) is 196 cm³/mol. The summed E-state index contributed by atoms with van der Waals surface area (Å²) in [6.07, 6.45) is 7.41. The van der Waals surface area contributed by atoms with Gasteiger partial charge < -0.3 is 25.8 Å². The van der Waals surface area contributed by atoms with Gasteiger partial charge in [0.25, 0.3) is 0 Å². The smallest absolute Gasteiger partial charge is 0.309 e. The lowest BCUT2D eigenvalue weighted by atomic mass is 9.31. The van der Waals surface area contributed by atoms with Gasteiger partial charge in [-0.3, -0.25) is 19.3 Å². The van der Waals surface area contributed by atoms with E-state index in [9.17, 15) is 29.7 Å². The SMILES string of the molecule is CC(C)C1=C2C([C@H](O)CN3CCC[C@@H](O)C3)(CC[C@]3(C)[C@]2(N)CC[C@@H]2C4(C)CC[C@H](OC(=O)CC(C)(C)C(=O)O)C(C)(C)[C@@H]4CC[C@]23C)CC1=O. The van der Waals surface area contributed by atoms with Crippen molar-refractivity contribution in [2.24, 2.45) is 56.0 Å². The molecule has 0 bridgehead atoms. The molecule has 0 aromatic carbocycles. The van der Waals surface area contributed by atoms with Crippen molar-refractivity contribution in [3.63, 3.8) is 0 Å². The Morgan fingerprint density at radius 3 is 2.27 bits per heavy atom. The molecule has 1 aliphatic heterocycles. The van der Waals surface area contributed by atoms with Crippen LogP contribution in [-0.4, -0.2) is 81.4 Å². The maximum atomic E-state index is 14.1. The minimum absolute atomic E-state index is 0.00597. The Morgan fingerprint density at radius 2 is 1.65 bits per heavy atom. The average molecular weight is 713 g/mol. The van der Waals surface area contributed by atoms with Gasteiger partial charge in [0.15, 0.2) is 5.78 Å². The Hall–Kier alpha value is -1.81. The maximum absolute atomic E-state index is 14.1. The average Bonchev–Trinajstić information content (AvgIpc) is 3.34. The first kappa shape index (κ1) is 38.9. The summed E-state index contributed by atoms with van der Waals surface area (Å²) in [5, 5.41) is 32.3. The zero-order valence-electron chi connectivity index (χ0n) is 33.1. The number of nitrogens with zero attached hydrogens (tertiary/aromatic N) is 1. The van der Waals surface area contributed by atoms with Crippen molar-refractivity contribution in [2.45, 2.75) is 163 Å². The van der Waals surface area contributed by atoms with Crippen LogP contribution in [0.4, 0.5) is 0 Å². The van der Waals surface area contributed by atoms with E-state index < -0.39 is 34.4 Å². The van der Waals surface area contributed by atoms with Crippen molar-refractivity contribution in [2.75, 3.05) is 19.6 Å². The number of likely N-dealkylation sites (tertiary alicyclic amines) is 1. The van der Waals surface area contributed by atoms with Crippen molar-refractivity contribution in [1.29, 1.82) is 0 Å². The van der Waals surface area contributed by atoms with Crippen molar-refractivity contribution < 1.29 is 34.4 Å². The number of aliphatic carboxylic acids is 1. The zero-order chi connectivity index (χ0) is 37.7. The van der Waals surface area contributed by atoms with Gasteiger partial charge in [0.1, 0.15) is 6.10 Å². The van der Waals surface area contributed by atoms with E-state index >= 15 is 0 Å². The Labute approximate surface area is 306 Å². The molecule has 6 aliphatic rings. The Morgan fingerprint density at radius 1 is 0.980 bits per heavy atom. The van der Waals surface area contributed by atoms with E-state index in [1.165, 1.54) is 0 Å². The van der Waals surface area contributed by atoms with Gasteiger partial charge in [-0.15, -0.1) is 0 Å². The van der Waals surface area contributed by atoms with Crippen LogP contribution < -0.4 is 5.73 Å². The normalized spacial score (nSPS) is 43.2. The number of carboxylic acids is 1. The van der Waals surface area contributed by atoms with Crippen LogP contribution in [0.3, 0.4) is 0 Å². The number of aliphatic hydroxyl groups is 2. The first-order chi connectivity index (χ1) is 23.5. The topological polar surface area (TPSA) is 150 Å². The molecule has 5 N–H and O–H groups in total. The molecule has 2 unspecified atom stereocenters. The van der Waals surface area contributed by atoms with Crippen molar-refractivity contribution in [1.82, 2.24) is 4.90 Å². The van der Waals surface area contributed by atoms with Crippen molar-refractivity contribution in [3.05, 3.63) is 11.1 Å². The maximum Gasteiger partial charge on any atom is 0.309 e. The van der Waals surface area contributed by atoms with Gasteiger partial charge in [-0.05, 0) is 130 Å². The summed E-state index contributed by atoms with van der Waals surface area (Å²) >= 11 is 0. The number of rotatable bonds is 8. The quantitative estimate of drug-likeness (QED) is 0.213. The molecule has 288 valence electrons. The molecule has 0 amide bonds. The zero-order valence-corrected chi connectivity index (χ0v) is 33.1. The van der Waals surface area contributed by atoms with E-state index in [1.54, 1.807) is 13.8 Å². The fourth-order valence-corrected chi connectivity index (χ4v) is 13.7. The third-order valence-electron chi connectivity index (χ3n) is 16.7. The molecule has 5 aliphatic carbocycles. The molecule has 6 rings (SSSR count). The monoisotopic (exact) mass is 713 g/mol. The summed E-state index contributed by atoms with van der Waals surface area (Å²) in [6, 6.07) is 0. The second kappa shape index (κ2) is 12.6. The number of nitrogens with two attached hydrogens (primary N) is 1. The van der Waals surface area contributed by atoms with Gasteiger partial charge in [0.05, 0.1) is 24.0 Å². The molecule has 1 saturated heterocycles. The summed E-state index contributed by atoms with van der Waals surface area (Å²) in [5.74, 6) is -0.570. The number of esters is 1. The lowest BCUT2D eigenvalue weighted by molar-refractivity contribution is -0.239. The number of aliphatic hydroxyl groups excluding tert-OH is 2. The number of Topliss-reactive ketones (excluding diaryl/α,β-unsaturated/α-hetero) is 1. The number of ether oxygens (including phenoxy) is 1. The Bertz CT molecular complexity index is 1470. The largest absolute Gasteiger partial charge is 0.481 e. The third kappa shape index (κ3) is 5.63. The number of carbonyl (C=O) groups is 3. The number of piperidine rings is 1. The predicted octanol–water partition coefficient (Wildman–Crippen LogP) is 6.28. The van der Waals surface area contributed by atoms with Gasteiger partial charge in [-0.2, -0.15) is 0 Å². The van der Waals surface area contributed by atoms with E-state index in [4.69, 9.17) is 10.5 Å². The minimum atomic E-state index is -1.18. The Kier molecular flexibility index (Phi) is 9.63. The lowest BCUT2D eigenvalue weighted by Gasteiger charge is -2.74. The summed E-state index contributed by atoms with van der Waals surface area (Å²) in [5.41, 5.74) is 6.62. The van der Waals surface area contributed by atoms with Gasteiger partial charge in [-0.25, -0.2) is 0 Å². The molecule has 0 aromatic heterocycles. The third-order valence-corrected chi connectivity index (χ3v) is 16.7. The van der Waals surface area contributed by atoms with Crippen LogP contribution in [0.25, 0.3) is 0 Å². The molecule has 51 heavy (non-hydrogen) atoms. The van der Waals surface area contributed by atoms with Crippen LogP contribution in [-0.2, 0) is 19.1 Å². The van der Waals surface area contributed by atoms with E-state index in [0.29, 0.717) is 31.3 Å².